The van der Waals surface area contributed by atoms with Crippen molar-refractivity contribution in [3.8, 4) is 11.8 Å². The van der Waals surface area contributed by atoms with E-state index in [-0.39, 0.29) is 5.91 Å². The average Bonchev–Trinajstić information content (AvgIpc) is 2.46. The van der Waals surface area contributed by atoms with Crippen LogP contribution in [0.15, 0.2) is 12.1 Å². The van der Waals surface area contributed by atoms with Gasteiger partial charge in [0, 0.05) is 20.3 Å². The maximum Gasteiger partial charge on any atom is 0.260 e. The standard InChI is InChI=1S/C16H22N2O3/c1-11-8-14(10-17)9-12(2)15(11)21-13(3)16(19)18-6-5-7-20-4/h8-9,13H,5-7H2,1-4H3,(H,18,19). The fraction of sp³-hybridized carbons (Fsp3) is 0.500. The van der Waals surface area contributed by atoms with Crippen LogP contribution in [0.5, 0.6) is 5.75 Å². The maximum atomic E-state index is 11.9. The Bertz CT molecular complexity index is 512. The highest BCUT2D eigenvalue weighted by molar-refractivity contribution is 5.80. The molecule has 1 N–H and O–H groups in total. The van der Waals surface area contributed by atoms with E-state index in [4.69, 9.17) is 14.7 Å². The molecule has 114 valence electrons. The van der Waals surface area contributed by atoms with Crippen LogP contribution in [0.3, 0.4) is 0 Å². The van der Waals surface area contributed by atoms with E-state index in [1.54, 1.807) is 26.2 Å². The van der Waals surface area contributed by atoms with Crippen molar-refractivity contribution in [3.05, 3.63) is 28.8 Å². The zero-order valence-electron chi connectivity index (χ0n) is 13.0. The molecular formula is C16H22N2O3. The van der Waals surface area contributed by atoms with Crippen molar-refractivity contribution >= 4 is 5.91 Å². The van der Waals surface area contributed by atoms with Crippen molar-refractivity contribution in [1.29, 1.82) is 5.26 Å². The van der Waals surface area contributed by atoms with Crippen molar-refractivity contribution in [2.45, 2.75) is 33.3 Å². The molecule has 0 aromatic heterocycles. The van der Waals surface area contributed by atoms with E-state index in [1.807, 2.05) is 13.8 Å². The van der Waals surface area contributed by atoms with E-state index >= 15 is 0 Å². The summed E-state index contributed by atoms with van der Waals surface area (Å²) in [6.45, 7) is 6.62. The zero-order chi connectivity index (χ0) is 15.8. The van der Waals surface area contributed by atoms with E-state index in [0.717, 1.165) is 17.5 Å². The minimum Gasteiger partial charge on any atom is -0.480 e. The quantitative estimate of drug-likeness (QED) is 0.781. The molecule has 0 fully saturated rings. The third kappa shape index (κ3) is 5.09. The van der Waals surface area contributed by atoms with Crippen molar-refractivity contribution in [1.82, 2.24) is 5.32 Å². The van der Waals surface area contributed by atoms with Gasteiger partial charge in [-0.2, -0.15) is 5.26 Å². The van der Waals surface area contributed by atoms with Gasteiger partial charge in [-0.05, 0) is 50.5 Å². The Labute approximate surface area is 125 Å². The van der Waals surface area contributed by atoms with Crippen LogP contribution >= 0.6 is 0 Å². The monoisotopic (exact) mass is 290 g/mol. The number of amides is 1. The summed E-state index contributed by atoms with van der Waals surface area (Å²) >= 11 is 0. The van der Waals surface area contributed by atoms with E-state index in [9.17, 15) is 4.79 Å². The third-order valence-corrected chi connectivity index (χ3v) is 3.08. The smallest absolute Gasteiger partial charge is 0.260 e. The highest BCUT2D eigenvalue weighted by atomic mass is 16.5. The SMILES string of the molecule is COCCCNC(=O)C(C)Oc1c(C)cc(C#N)cc1C. The van der Waals surface area contributed by atoms with Crippen LogP contribution < -0.4 is 10.1 Å². The average molecular weight is 290 g/mol. The van der Waals surface area contributed by atoms with Gasteiger partial charge in [-0.3, -0.25) is 4.79 Å². The minimum atomic E-state index is -0.585. The molecule has 1 aromatic carbocycles. The van der Waals surface area contributed by atoms with Gasteiger partial charge in [0.2, 0.25) is 0 Å². The molecule has 0 radical (unpaired) electrons. The number of hydrogen-bond acceptors (Lipinski definition) is 4. The maximum absolute atomic E-state index is 11.9. The molecule has 1 atom stereocenters. The third-order valence-electron chi connectivity index (χ3n) is 3.08. The second-order valence-corrected chi connectivity index (χ2v) is 4.95. The van der Waals surface area contributed by atoms with Crippen LogP contribution in [0, 0.1) is 25.2 Å². The predicted octanol–water partition coefficient (Wildman–Crippen LogP) is 2.10. The van der Waals surface area contributed by atoms with Gasteiger partial charge in [-0.25, -0.2) is 0 Å². The molecule has 0 heterocycles. The first-order valence-electron chi connectivity index (χ1n) is 6.94. The van der Waals surface area contributed by atoms with Crippen molar-refractivity contribution < 1.29 is 14.3 Å². The molecule has 0 spiro atoms. The molecule has 0 aliphatic carbocycles. The van der Waals surface area contributed by atoms with Crippen molar-refractivity contribution in [3.63, 3.8) is 0 Å². The van der Waals surface area contributed by atoms with Crippen molar-refractivity contribution in [2.24, 2.45) is 0 Å². The Kier molecular flexibility index (Phi) is 6.70. The molecule has 5 heteroatoms. The van der Waals surface area contributed by atoms with Crippen molar-refractivity contribution in [2.75, 3.05) is 20.3 Å². The molecule has 0 saturated carbocycles. The first kappa shape index (κ1) is 17.0. The molecular weight excluding hydrogens is 268 g/mol. The van der Waals surface area contributed by atoms with Crippen LogP contribution in [0.1, 0.15) is 30.0 Å². The lowest BCUT2D eigenvalue weighted by Gasteiger charge is -2.18. The minimum absolute atomic E-state index is 0.158. The van der Waals surface area contributed by atoms with Crippen LogP contribution in [-0.4, -0.2) is 32.3 Å². The zero-order valence-corrected chi connectivity index (χ0v) is 13.0. The molecule has 1 rings (SSSR count). The van der Waals surface area contributed by atoms with Gasteiger partial charge in [0.1, 0.15) is 5.75 Å². The van der Waals surface area contributed by atoms with Crippen LogP contribution in [-0.2, 0) is 9.53 Å². The highest BCUT2D eigenvalue weighted by Crippen LogP contribution is 2.25. The topological polar surface area (TPSA) is 71.3 Å². The van der Waals surface area contributed by atoms with Crippen LogP contribution in [0.2, 0.25) is 0 Å². The summed E-state index contributed by atoms with van der Waals surface area (Å²) in [4.78, 5) is 11.9. The number of aryl methyl sites for hydroxylation is 2. The number of benzene rings is 1. The second kappa shape index (κ2) is 8.28. The van der Waals surface area contributed by atoms with Gasteiger partial charge in [0.05, 0.1) is 11.6 Å². The van der Waals surface area contributed by atoms with Gasteiger partial charge >= 0.3 is 0 Å². The van der Waals surface area contributed by atoms with Crippen LogP contribution in [0.4, 0.5) is 0 Å². The molecule has 21 heavy (non-hydrogen) atoms. The Morgan fingerprint density at radius 1 is 1.38 bits per heavy atom. The normalized spacial score (nSPS) is 11.6. The summed E-state index contributed by atoms with van der Waals surface area (Å²) in [5, 5.41) is 11.7. The number of rotatable bonds is 7. The van der Waals surface area contributed by atoms with E-state index in [1.165, 1.54) is 0 Å². The number of nitrogens with zero attached hydrogens (tertiary/aromatic N) is 1. The Hall–Kier alpha value is -2.06. The number of ether oxygens (including phenoxy) is 2. The molecule has 5 nitrogen and oxygen atoms in total. The number of carbonyl (C=O) groups excluding carboxylic acids is 1. The fourth-order valence-corrected chi connectivity index (χ4v) is 2.00. The van der Waals surface area contributed by atoms with Gasteiger partial charge in [-0.15, -0.1) is 0 Å². The lowest BCUT2D eigenvalue weighted by Crippen LogP contribution is -2.37. The molecule has 1 amide bonds. The molecule has 0 aliphatic heterocycles. The Balaban J connectivity index is 2.64. The number of carbonyl (C=O) groups is 1. The Morgan fingerprint density at radius 3 is 2.52 bits per heavy atom. The number of nitrogens with one attached hydrogen (secondary N) is 1. The van der Waals surface area contributed by atoms with E-state index in [0.29, 0.717) is 24.5 Å². The summed E-state index contributed by atoms with van der Waals surface area (Å²) in [6, 6.07) is 5.62. The number of hydrogen-bond donors (Lipinski definition) is 1. The lowest BCUT2D eigenvalue weighted by atomic mass is 10.1. The summed E-state index contributed by atoms with van der Waals surface area (Å²) < 4.78 is 10.7. The number of nitriles is 1. The molecule has 0 bridgehead atoms. The summed E-state index contributed by atoms with van der Waals surface area (Å²) in [5.74, 6) is 0.503. The first-order valence-corrected chi connectivity index (χ1v) is 6.94. The summed E-state index contributed by atoms with van der Waals surface area (Å²) in [6.07, 6.45) is 0.182. The molecule has 0 saturated heterocycles. The number of methoxy groups -OCH3 is 1. The summed E-state index contributed by atoms with van der Waals surface area (Å²) in [5.41, 5.74) is 2.30. The highest BCUT2D eigenvalue weighted by Gasteiger charge is 2.16. The largest absolute Gasteiger partial charge is 0.480 e. The molecule has 1 unspecified atom stereocenters. The van der Waals surface area contributed by atoms with Crippen LogP contribution in [0.25, 0.3) is 0 Å². The Morgan fingerprint density at radius 2 is 2.00 bits per heavy atom. The molecule has 1 aromatic rings. The fourth-order valence-electron chi connectivity index (χ4n) is 2.00. The lowest BCUT2D eigenvalue weighted by molar-refractivity contribution is -0.127. The summed E-state index contributed by atoms with van der Waals surface area (Å²) in [7, 11) is 1.63. The molecule has 0 aliphatic rings. The van der Waals surface area contributed by atoms with Gasteiger partial charge in [-0.1, -0.05) is 0 Å². The van der Waals surface area contributed by atoms with E-state index in [2.05, 4.69) is 11.4 Å². The predicted molar refractivity (Wildman–Crippen MR) is 80.2 cm³/mol. The van der Waals surface area contributed by atoms with Gasteiger partial charge < -0.3 is 14.8 Å². The van der Waals surface area contributed by atoms with Gasteiger partial charge in [0.15, 0.2) is 6.10 Å². The van der Waals surface area contributed by atoms with Gasteiger partial charge in [0.25, 0.3) is 5.91 Å². The first-order chi connectivity index (χ1) is 9.99. The van der Waals surface area contributed by atoms with E-state index < -0.39 is 6.10 Å². The second-order valence-electron chi connectivity index (χ2n) is 4.95.